The number of β-amino-alcohol motifs (C(OH)–C–C–N with tert-alkyl or cyclic N) is 2. The molecule has 1 heterocycles. The average Bonchev–Trinajstić information content (AvgIpc) is 2.76. The highest BCUT2D eigenvalue weighted by molar-refractivity contribution is 7.89. The molecule has 7 heteroatoms. The molecule has 0 aromatic heterocycles. The summed E-state index contributed by atoms with van der Waals surface area (Å²) >= 11 is 0. The fourth-order valence-corrected chi connectivity index (χ4v) is 3.58. The van der Waals surface area contributed by atoms with Crippen LogP contribution in [0.2, 0.25) is 0 Å². The number of hydrogen-bond donors (Lipinski definition) is 3. The van der Waals surface area contributed by atoms with Gasteiger partial charge in [0.25, 0.3) is 0 Å². The molecule has 20 heavy (non-hydrogen) atoms. The molecule has 0 bridgehead atoms. The van der Waals surface area contributed by atoms with E-state index in [-0.39, 0.29) is 18.0 Å². The van der Waals surface area contributed by atoms with Gasteiger partial charge in [-0.2, -0.15) is 0 Å². The predicted molar refractivity (Wildman–Crippen MR) is 76.1 cm³/mol. The third-order valence-corrected chi connectivity index (χ3v) is 4.80. The van der Waals surface area contributed by atoms with Gasteiger partial charge in [0.15, 0.2) is 0 Å². The molecular weight excluding hydrogens is 280 g/mol. The topological polar surface area (TPSA) is 89.9 Å². The predicted octanol–water partition coefficient (Wildman–Crippen LogP) is -0.0833. The summed E-state index contributed by atoms with van der Waals surface area (Å²) in [5.41, 5.74) is 0.506. The Bertz CT molecular complexity index is 551. The van der Waals surface area contributed by atoms with Crippen molar-refractivity contribution in [2.75, 3.05) is 24.5 Å². The Morgan fingerprint density at radius 2 is 1.85 bits per heavy atom. The fourth-order valence-electron chi connectivity index (χ4n) is 2.23. The smallest absolute Gasteiger partial charge is 0.242 e. The maximum Gasteiger partial charge on any atom is 0.242 e. The van der Waals surface area contributed by atoms with Gasteiger partial charge in [-0.05, 0) is 18.6 Å². The molecule has 1 aliphatic rings. The zero-order valence-corrected chi connectivity index (χ0v) is 12.2. The molecule has 0 radical (unpaired) electrons. The van der Waals surface area contributed by atoms with E-state index in [4.69, 9.17) is 0 Å². The lowest BCUT2D eigenvalue weighted by Crippen LogP contribution is -2.28. The van der Waals surface area contributed by atoms with Crippen LogP contribution in [-0.4, -0.2) is 50.5 Å². The molecule has 1 saturated heterocycles. The van der Waals surface area contributed by atoms with E-state index in [2.05, 4.69) is 4.72 Å². The number of nitrogens with zero attached hydrogens (tertiary/aromatic N) is 1. The van der Waals surface area contributed by atoms with Crippen molar-refractivity contribution < 1.29 is 18.6 Å². The first-order valence-corrected chi connectivity index (χ1v) is 8.14. The lowest BCUT2D eigenvalue weighted by Gasteiger charge is -2.21. The second-order valence-corrected chi connectivity index (χ2v) is 6.64. The van der Waals surface area contributed by atoms with Gasteiger partial charge in [0.2, 0.25) is 10.0 Å². The molecule has 1 fully saturated rings. The molecule has 112 valence electrons. The van der Waals surface area contributed by atoms with Crippen LogP contribution in [0.3, 0.4) is 0 Å². The number of aliphatic hydroxyl groups excluding tert-OH is 2. The van der Waals surface area contributed by atoms with Crippen molar-refractivity contribution >= 4 is 15.7 Å². The van der Waals surface area contributed by atoms with Crippen LogP contribution in [0.15, 0.2) is 29.2 Å². The molecule has 0 aliphatic carbocycles. The Labute approximate surface area is 119 Å². The molecular formula is C13H20N2O4S. The molecule has 3 N–H and O–H groups in total. The Kier molecular flexibility index (Phi) is 4.64. The van der Waals surface area contributed by atoms with Crippen LogP contribution >= 0.6 is 0 Å². The van der Waals surface area contributed by atoms with Gasteiger partial charge in [0.05, 0.1) is 17.9 Å². The molecule has 0 saturated carbocycles. The number of aliphatic hydroxyl groups is 2. The highest BCUT2D eigenvalue weighted by Gasteiger charge is 2.32. The zero-order valence-electron chi connectivity index (χ0n) is 11.4. The number of nitrogens with one attached hydrogen (secondary N) is 1. The third kappa shape index (κ3) is 3.12. The number of benzene rings is 1. The lowest BCUT2D eigenvalue weighted by molar-refractivity contribution is 0.0572. The highest BCUT2D eigenvalue weighted by Crippen LogP contribution is 2.28. The van der Waals surface area contributed by atoms with Crippen molar-refractivity contribution in [3.63, 3.8) is 0 Å². The molecule has 0 amide bonds. The van der Waals surface area contributed by atoms with Gasteiger partial charge >= 0.3 is 0 Å². The minimum absolute atomic E-state index is 0.176. The number of hydrogen-bond acceptors (Lipinski definition) is 5. The molecule has 1 aliphatic heterocycles. The van der Waals surface area contributed by atoms with Crippen LogP contribution < -0.4 is 9.62 Å². The van der Waals surface area contributed by atoms with E-state index in [1.165, 1.54) is 6.07 Å². The quantitative estimate of drug-likeness (QED) is 0.707. The van der Waals surface area contributed by atoms with E-state index < -0.39 is 22.2 Å². The Hall–Kier alpha value is -1.15. The number of sulfonamides is 1. The molecule has 2 atom stereocenters. The Morgan fingerprint density at radius 3 is 2.45 bits per heavy atom. The van der Waals surface area contributed by atoms with E-state index in [1.54, 1.807) is 23.1 Å². The molecule has 1 aromatic rings. The standard InChI is InChI=1S/C13H20N2O4S/c1-2-7-14-20(18,19)13-6-4-3-5-10(13)15-8-11(16)12(17)9-15/h3-6,11-12,14,16-17H,2,7-9H2,1H3. The molecule has 1 aromatic carbocycles. The molecule has 0 spiro atoms. The maximum absolute atomic E-state index is 12.3. The van der Waals surface area contributed by atoms with Crippen LogP contribution in [-0.2, 0) is 10.0 Å². The van der Waals surface area contributed by atoms with Crippen LogP contribution in [0.25, 0.3) is 0 Å². The van der Waals surface area contributed by atoms with Gasteiger partial charge in [-0.1, -0.05) is 19.1 Å². The van der Waals surface area contributed by atoms with Crippen LogP contribution in [0.4, 0.5) is 5.69 Å². The van der Waals surface area contributed by atoms with E-state index >= 15 is 0 Å². The first kappa shape index (κ1) is 15.2. The summed E-state index contributed by atoms with van der Waals surface area (Å²) in [5.74, 6) is 0. The molecule has 2 unspecified atom stereocenters. The summed E-state index contributed by atoms with van der Waals surface area (Å²) in [6.07, 6.45) is -0.994. The molecule has 6 nitrogen and oxygen atoms in total. The second-order valence-electron chi connectivity index (χ2n) is 4.91. The van der Waals surface area contributed by atoms with Crippen molar-refractivity contribution in [2.45, 2.75) is 30.4 Å². The fraction of sp³-hybridized carbons (Fsp3) is 0.538. The van der Waals surface area contributed by atoms with Crippen molar-refractivity contribution in [3.05, 3.63) is 24.3 Å². The monoisotopic (exact) mass is 300 g/mol. The lowest BCUT2D eigenvalue weighted by atomic mass is 10.3. The minimum Gasteiger partial charge on any atom is -0.389 e. The normalized spacial score (nSPS) is 23.2. The second kappa shape index (κ2) is 6.09. The summed E-state index contributed by atoms with van der Waals surface area (Å²) in [5, 5.41) is 19.2. The van der Waals surface area contributed by atoms with Crippen molar-refractivity contribution in [2.24, 2.45) is 0 Å². The van der Waals surface area contributed by atoms with E-state index in [9.17, 15) is 18.6 Å². The summed E-state index contributed by atoms with van der Waals surface area (Å²) in [6, 6.07) is 6.62. The highest BCUT2D eigenvalue weighted by atomic mass is 32.2. The first-order chi connectivity index (χ1) is 9.45. The van der Waals surface area contributed by atoms with Gasteiger partial charge in [-0.15, -0.1) is 0 Å². The van der Waals surface area contributed by atoms with Crippen LogP contribution in [0, 0.1) is 0 Å². The van der Waals surface area contributed by atoms with E-state index in [0.29, 0.717) is 18.7 Å². The summed E-state index contributed by atoms with van der Waals surface area (Å²) in [4.78, 5) is 1.87. The van der Waals surface area contributed by atoms with Crippen molar-refractivity contribution in [1.82, 2.24) is 4.72 Å². The minimum atomic E-state index is -3.58. The van der Waals surface area contributed by atoms with E-state index in [0.717, 1.165) is 0 Å². The SMILES string of the molecule is CCCNS(=O)(=O)c1ccccc1N1CC(O)C(O)C1. The zero-order chi connectivity index (χ0) is 14.8. The van der Waals surface area contributed by atoms with Gasteiger partial charge in [0.1, 0.15) is 4.90 Å². The van der Waals surface area contributed by atoms with Gasteiger partial charge in [0, 0.05) is 19.6 Å². The third-order valence-electron chi connectivity index (χ3n) is 3.30. The molecule has 2 rings (SSSR count). The summed E-state index contributed by atoms with van der Waals surface area (Å²) < 4.78 is 27.1. The largest absolute Gasteiger partial charge is 0.389 e. The van der Waals surface area contributed by atoms with Gasteiger partial charge in [-0.25, -0.2) is 13.1 Å². The summed E-state index contributed by atoms with van der Waals surface area (Å²) in [7, 11) is -3.58. The van der Waals surface area contributed by atoms with Crippen LogP contribution in [0.5, 0.6) is 0 Å². The Morgan fingerprint density at radius 1 is 1.25 bits per heavy atom. The number of rotatable bonds is 5. The van der Waals surface area contributed by atoms with Gasteiger partial charge in [-0.3, -0.25) is 0 Å². The van der Waals surface area contributed by atoms with Crippen LogP contribution in [0.1, 0.15) is 13.3 Å². The average molecular weight is 300 g/mol. The maximum atomic E-state index is 12.3. The van der Waals surface area contributed by atoms with Crippen molar-refractivity contribution in [3.8, 4) is 0 Å². The van der Waals surface area contributed by atoms with Gasteiger partial charge < -0.3 is 15.1 Å². The summed E-state index contributed by atoms with van der Waals surface area (Å²) in [6.45, 7) is 2.71. The Balaban J connectivity index is 2.32. The number of anilines is 1. The van der Waals surface area contributed by atoms with E-state index in [1.807, 2.05) is 6.92 Å². The van der Waals surface area contributed by atoms with Crippen molar-refractivity contribution in [1.29, 1.82) is 0 Å². The first-order valence-electron chi connectivity index (χ1n) is 6.65. The number of para-hydroxylation sites is 1.